The summed E-state index contributed by atoms with van der Waals surface area (Å²) < 4.78 is 1.57. The van der Waals surface area contributed by atoms with Crippen molar-refractivity contribution < 1.29 is 4.79 Å². The summed E-state index contributed by atoms with van der Waals surface area (Å²) in [5.41, 5.74) is 2.47. The van der Waals surface area contributed by atoms with Crippen molar-refractivity contribution in [1.29, 1.82) is 0 Å². The second-order valence-corrected chi connectivity index (χ2v) is 7.27. The number of nitrogens with zero attached hydrogens (tertiary/aromatic N) is 3. The maximum absolute atomic E-state index is 12.9. The zero-order valence-corrected chi connectivity index (χ0v) is 16.9. The Morgan fingerprint density at radius 2 is 1.93 bits per heavy atom. The lowest BCUT2D eigenvalue weighted by molar-refractivity contribution is -0.116. The van der Waals surface area contributed by atoms with Gasteiger partial charge in [0.15, 0.2) is 5.16 Å². The van der Waals surface area contributed by atoms with Crippen molar-refractivity contribution >= 4 is 34.3 Å². The van der Waals surface area contributed by atoms with Crippen LogP contribution in [0.5, 0.6) is 0 Å². The van der Waals surface area contributed by atoms with E-state index in [1.54, 1.807) is 21.6 Å². The number of hydrogen-bond donors (Lipinski definition) is 0. The fourth-order valence-corrected chi connectivity index (χ4v) is 3.98. The highest BCUT2D eigenvalue weighted by atomic mass is 32.2. The Morgan fingerprint density at radius 1 is 1.21 bits per heavy atom. The number of para-hydroxylation sites is 2. The molecule has 28 heavy (non-hydrogen) atoms. The van der Waals surface area contributed by atoms with Crippen LogP contribution in [0, 0.1) is 6.92 Å². The highest BCUT2D eigenvalue weighted by Gasteiger charge is 2.18. The molecule has 0 aliphatic rings. The van der Waals surface area contributed by atoms with E-state index in [-0.39, 0.29) is 17.2 Å². The molecule has 0 bridgehead atoms. The highest BCUT2D eigenvalue weighted by molar-refractivity contribution is 7.99. The van der Waals surface area contributed by atoms with E-state index in [9.17, 15) is 9.59 Å². The summed E-state index contributed by atoms with van der Waals surface area (Å²) in [6, 6.07) is 15.1. The van der Waals surface area contributed by atoms with E-state index in [1.165, 1.54) is 11.8 Å². The molecule has 144 valence electrons. The van der Waals surface area contributed by atoms with Crippen LogP contribution >= 0.6 is 11.8 Å². The number of fused-ring (bicyclic) bond motifs is 1. The molecule has 0 fully saturated rings. The van der Waals surface area contributed by atoms with Gasteiger partial charge in [0.25, 0.3) is 5.56 Å². The fourth-order valence-electron chi connectivity index (χ4n) is 3.10. The molecule has 0 aliphatic carbocycles. The molecule has 0 saturated carbocycles. The molecule has 6 heteroatoms. The largest absolute Gasteiger partial charge is 0.312 e. The van der Waals surface area contributed by atoms with E-state index >= 15 is 0 Å². The maximum Gasteiger partial charge on any atom is 0.262 e. The average molecular weight is 394 g/mol. The molecule has 1 amide bonds. The minimum Gasteiger partial charge on any atom is -0.312 e. The van der Waals surface area contributed by atoms with Crippen LogP contribution in [0.1, 0.15) is 12.5 Å². The van der Waals surface area contributed by atoms with Gasteiger partial charge < -0.3 is 4.90 Å². The number of carbonyl (C=O) groups excluding carboxylic acids is 1. The molecule has 3 rings (SSSR count). The second-order valence-electron chi connectivity index (χ2n) is 6.33. The van der Waals surface area contributed by atoms with Crippen LogP contribution in [0.4, 0.5) is 5.69 Å². The molecule has 0 atom stereocenters. The molecular weight excluding hydrogens is 370 g/mol. The van der Waals surface area contributed by atoms with E-state index in [0.717, 1.165) is 11.3 Å². The van der Waals surface area contributed by atoms with Gasteiger partial charge in [-0.1, -0.05) is 48.2 Å². The minimum atomic E-state index is -0.119. The van der Waals surface area contributed by atoms with Gasteiger partial charge >= 0.3 is 0 Å². The normalized spacial score (nSPS) is 10.8. The van der Waals surface area contributed by atoms with Crippen LogP contribution in [0.15, 0.2) is 71.1 Å². The van der Waals surface area contributed by atoms with Gasteiger partial charge in [0.2, 0.25) is 5.91 Å². The summed E-state index contributed by atoms with van der Waals surface area (Å²) in [4.78, 5) is 32.1. The summed E-state index contributed by atoms with van der Waals surface area (Å²) in [5.74, 6) is 0.179. The molecule has 5 nitrogen and oxygen atoms in total. The lowest BCUT2D eigenvalue weighted by Gasteiger charge is -2.23. The van der Waals surface area contributed by atoms with E-state index in [0.29, 0.717) is 29.1 Å². The van der Waals surface area contributed by atoms with Gasteiger partial charge in [0, 0.05) is 18.8 Å². The number of hydrogen-bond acceptors (Lipinski definition) is 4. The molecule has 0 radical (unpaired) electrons. The van der Waals surface area contributed by atoms with Gasteiger partial charge in [-0.25, -0.2) is 4.98 Å². The number of aryl methyl sites for hydroxylation is 1. The number of rotatable bonds is 7. The summed E-state index contributed by atoms with van der Waals surface area (Å²) in [6.07, 6.45) is 1.66. The first-order chi connectivity index (χ1) is 13.6. The smallest absolute Gasteiger partial charge is 0.262 e. The maximum atomic E-state index is 12.9. The summed E-state index contributed by atoms with van der Waals surface area (Å²) in [6.45, 7) is 8.61. The van der Waals surface area contributed by atoms with E-state index in [1.807, 2.05) is 56.3 Å². The van der Waals surface area contributed by atoms with Gasteiger partial charge in [-0.3, -0.25) is 14.2 Å². The van der Waals surface area contributed by atoms with Crippen LogP contribution in [0.2, 0.25) is 0 Å². The molecule has 2 aromatic carbocycles. The summed E-state index contributed by atoms with van der Waals surface area (Å²) in [7, 11) is 0. The Bertz CT molecular complexity index is 1070. The lowest BCUT2D eigenvalue weighted by atomic mass is 10.2. The minimum absolute atomic E-state index is 0.0191. The molecule has 0 saturated heterocycles. The van der Waals surface area contributed by atoms with Crippen molar-refractivity contribution in [3.05, 3.63) is 77.1 Å². The van der Waals surface area contributed by atoms with Gasteiger partial charge in [-0.05, 0) is 37.6 Å². The van der Waals surface area contributed by atoms with E-state index in [4.69, 9.17) is 0 Å². The third-order valence-electron chi connectivity index (χ3n) is 4.49. The Kier molecular flexibility index (Phi) is 6.31. The summed E-state index contributed by atoms with van der Waals surface area (Å²) in [5, 5.41) is 1.09. The molecule has 1 aromatic heterocycles. The predicted octanol–water partition coefficient (Wildman–Crippen LogP) is 4.04. The fraction of sp³-hybridized carbons (Fsp3) is 0.227. The second kappa shape index (κ2) is 8.89. The number of allylic oxidation sites excluding steroid dienone is 1. The predicted molar refractivity (Wildman–Crippen MR) is 116 cm³/mol. The Labute approximate surface area is 168 Å². The SMILES string of the molecule is C=CCn1c(SCC(=O)N(CC)c2ccccc2C)nc2ccccc2c1=O. The summed E-state index contributed by atoms with van der Waals surface area (Å²) >= 11 is 1.28. The van der Waals surface area contributed by atoms with Gasteiger partial charge in [0.1, 0.15) is 0 Å². The first-order valence-electron chi connectivity index (χ1n) is 9.16. The number of benzene rings is 2. The number of carbonyl (C=O) groups is 1. The molecule has 0 aliphatic heterocycles. The van der Waals surface area contributed by atoms with Crippen molar-refractivity contribution in [2.75, 3.05) is 17.2 Å². The van der Waals surface area contributed by atoms with Crippen molar-refractivity contribution in [3.8, 4) is 0 Å². The average Bonchev–Trinajstić information content (AvgIpc) is 2.71. The monoisotopic (exact) mass is 393 g/mol. The van der Waals surface area contributed by atoms with Crippen molar-refractivity contribution in [3.63, 3.8) is 0 Å². The van der Waals surface area contributed by atoms with Gasteiger partial charge in [0.05, 0.1) is 16.7 Å². The molecule has 1 heterocycles. The number of aromatic nitrogens is 2. The van der Waals surface area contributed by atoms with Crippen LogP contribution in [0.25, 0.3) is 10.9 Å². The highest BCUT2D eigenvalue weighted by Crippen LogP contribution is 2.23. The van der Waals surface area contributed by atoms with Gasteiger partial charge in [-0.15, -0.1) is 6.58 Å². The first-order valence-corrected chi connectivity index (χ1v) is 10.1. The van der Waals surface area contributed by atoms with Crippen LogP contribution in [0.3, 0.4) is 0 Å². The first kappa shape index (κ1) is 19.9. The van der Waals surface area contributed by atoms with Crippen molar-refractivity contribution in [1.82, 2.24) is 9.55 Å². The zero-order chi connectivity index (χ0) is 20.1. The van der Waals surface area contributed by atoms with Crippen molar-refractivity contribution in [2.45, 2.75) is 25.5 Å². The number of anilines is 1. The molecule has 3 aromatic rings. The Hall–Kier alpha value is -2.86. The third kappa shape index (κ3) is 4.02. The van der Waals surface area contributed by atoms with Crippen LogP contribution in [-0.4, -0.2) is 27.8 Å². The van der Waals surface area contributed by atoms with Gasteiger partial charge in [-0.2, -0.15) is 0 Å². The quantitative estimate of drug-likeness (QED) is 0.345. The van der Waals surface area contributed by atoms with E-state index in [2.05, 4.69) is 11.6 Å². The zero-order valence-electron chi connectivity index (χ0n) is 16.1. The van der Waals surface area contributed by atoms with Crippen LogP contribution < -0.4 is 10.5 Å². The topological polar surface area (TPSA) is 55.2 Å². The molecule has 0 N–H and O–H groups in total. The molecule has 0 unspecified atom stereocenters. The number of amides is 1. The van der Waals surface area contributed by atoms with Crippen LogP contribution in [-0.2, 0) is 11.3 Å². The molecule has 0 spiro atoms. The third-order valence-corrected chi connectivity index (χ3v) is 5.45. The Balaban J connectivity index is 1.89. The van der Waals surface area contributed by atoms with E-state index < -0.39 is 0 Å². The standard InChI is InChI=1S/C22H23N3O2S/c1-4-14-25-21(27)17-11-7-8-12-18(17)23-22(25)28-15-20(26)24(5-2)19-13-9-6-10-16(19)3/h4,6-13H,1,5,14-15H2,2-3H3. The lowest BCUT2D eigenvalue weighted by Crippen LogP contribution is -2.33. The van der Waals surface area contributed by atoms with Crippen molar-refractivity contribution in [2.24, 2.45) is 0 Å². The number of thioether (sulfide) groups is 1. The molecular formula is C22H23N3O2S. The Morgan fingerprint density at radius 3 is 2.64 bits per heavy atom.